The van der Waals surface area contributed by atoms with Gasteiger partial charge in [0.1, 0.15) is 0 Å². The molecule has 0 amide bonds. The third kappa shape index (κ3) is 8.22. The Morgan fingerprint density at radius 3 is 2.62 bits per heavy atom. The minimum absolute atomic E-state index is 0.327. The first-order valence-corrected chi connectivity index (χ1v) is 5.16. The summed E-state index contributed by atoms with van der Waals surface area (Å²) in [5.74, 6) is 0.625. The van der Waals surface area contributed by atoms with Crippen LogP contribution in [0.4, 0.5) is 0 Å². The van der Waals surface area contributed by atoms with Gasteiger partial charge in [-0.3, -0.25) is 0 Å². The van der Waals surface area contributed by atoms with Crippen molar-refractivity contribution in [1.82, 2.24) is 0 Å². The van der Waals surface area contributed by atoms with Crippen LogP contribution in [0.3, 0.4) is 0 Å². The maximum absolute atomic E-state index is 9.12. The molecule has 0 heterocycles. The van der Waals surface area contributed by atoms with Gasteiger partial charge in [0.05, 0.1) is 6.10 Å². The molecule has 0 saturated carbocycles. The summed E-state index contributed by atoms with van der Waals surface area (Å²) in [5.41, 5.74) is 5.26. The van der Waals surface area contributed by atoms with Gasteiger partial charge < -0.3 is 15.6 Å². The Labute approximate surface area is 81.3 Å². The Balaban J connectivity index is 3.15. The number of rotatable bonds is 8. The van der Waals surface area contributed by atoms with E-state index < -0.39 is 6.10 Å². The summed E-state index contributed by atoms with van der Waals surface area (Å²) >= 11 is 0. The van der Waals surface area contributed by atoms with Crippen molar-refractivity contribution in [2.75, 3.05) is 19.8 Å². The summed E-state index contributed by atoms with van der Waals surface area (Å²) < 4.78 is 5.40. The average Bonchev–Trinajstić information content (AvgIpc) is 2.12. The molecule has 0 radical (unpaired) electrons. The number of nitrogens with two attached hydrogens (primary N) is 1. The number of aliphatic hydroxyl groups is 1. The summed E-state index contributed by atoms with van der Waals surface area (Å²) in [4.78, 5) is 0. The molecule has 0 aromatic carbocycles. The topological polar surface area (TPSA) is 55.5 Å². The van der Waals surface area contributed by atoms with E-state index in [0.29, 0.717) is 25.5 Å². The van der Waals surface area contributed by atoms with E-state index in [2.05, 4.69) is 13.8 Å². The predicted octanol–water partition coefficient (Wildman–Crippen LogP) is 1.15. The molecule has 80 valence electrons. The van der Waals surface area contributed by atoms with E-state index >= 15 is 0 Å². The second kappa shape index (κ2) is 8.48. The monoisotopic (exact) mass is 189 g/mol. The lowest BCUT2D eigenvalue weighted by Gasteiger charge is -2.12. The van der Waals surface area contributed by atoms with E-state index in [0.717, 1.165) is 6.61 Å². The van der Waals surface area contributed by atoms with Crippen LogP contribution in [0.15, 0.2) is 0 Å². The highest BCUT2D eigenvalue weighted by molar-refractivity contribution is 4.55. The predicted molar refractivity (Wildman–Crippen MR) is 54.6 cm³/mol. The van der Waals surface area contributed by atoms with Gasteiger partial charge in [0, 0.05) is 19.8 Å². The highest BCUT2D eigenvalue weighted by Crippen LogP contribution is 2.05. The Hall–Kier alpha value is -0.120. The summed E-state index contributed by atoms with van der Waals surface area (Å²) in [7, 11) is 0. The third-order valence-corrected chi connectivity index (χ3v) is 2.05. The van der Waals surface area contributed by atoms with Crippen LogP contribution in [0.25, 0.3) is 0 Å². The lowest BCUT2D eigenvalue weighted by molar-refractivity contribution is 0.0667. The Kier molecular flexibility index (Phi) is 8.40. The maximum atomic E-state index is 9.12. The first-order valence-electron chi connectivity index (χ1n) is 5.16. The molecule has 0 aliphatic heterocycles. The minimum Gasteiger partial charge on any atom is -0.392 e. The molecule has 0 bridgehead atoms. The van der Waals surface area contributed by atoms with Crippen LogP contribution in [-0.4, -0.2) is 31.0 Å². The molecular weight excluding hydrogens is 166 g/mol. The second-order valence-corrected chi connectivity index (χ2v) is 3.65. The molecule has 0 aromatic heterocycles. The molecule has 0 rings (SSSR count). The van der Waals surface area contributed by atoms with E-state index in [1.807, 2.05) is 0 Å². The van der Waals surface area contributed by atoms with Gasteiger partial charge in [0.15, 0.2) is 0 Å². The van der Waals surface area contributed by atoms with Gasteiger partial charge in [0.25, 0.3) is 0 Å². The largest absolute Gasteiger partial charge is 0.392 e. The van der Waals surface area contributed by atoms with Crippen molar-refractivity contribution < 1.29 is 9.84 Å². The zero-order valence-corrected chi connectivity index (χ0v) is 8.83. The molecule has 3 nitrogen and oxygen atoms in total. The van der Waals surface area contributed by atoms with Gasteiger partial charge in [-0.25, -0.2) is 0 Å². The van der Waals surface area contributed by atoms with Crippen LogP contribution < -0.4 is 5.73 Å². The molecule has 0 aromatic rings. The fourth-order valence-corrected chi connectivity index (χ4v) is 1.20. The van der Waals surface area contributed by atoms with Gasteiger partial charge in [-0.1, -0.05) is 20.3 Å². The minimum atomic E-state index is -0.401. The first-order chi connectivity index (χ1) is 6.20. The van der Waals surface area contributed by atoms with E-state index in [4.69, 9.17) is 15.6 Å². The van der Waals surface area contributed by atoms with Crippen molar-refractivity contribution in [2.24, 2.45) is 11.7 Å². The van der Waals surface area contributed by atoms with Gasteiger partial charge in [-0.15, -0.1) is 0 Å². The van der Waals surface area contributed by atoms with E-state index in [-0.39, 0.29) is 0 Å². The van der Waals surface area contributed by atoms with E-state index in [9.17, 15) is 0 Å². The number of ether oxygens (including phenoxy) is 1. The van der Waals surface area contributed by atoms with Gasteiger partial charge in [-0.2, -0.15) is 0 Å². The molecule has 0 aliphatic rings. The summed E-state index contributed by atoms with van der Waals surface area (Å²) in [6.45, 7) is 6.10. The Morgan fingerprint density at radius 1 is 1.38 bits per heavy atom. The quantitative estimate of drug-likeness (QED) is 0.563. The molecule has 13 heavy (non-hydrogen) atoms. The van der Waals surface area contributed by atoms with Gasteiger partial charge in [0.2, 0.25) is 0 Å². The van der Waals surface area contributed by atoms with Crippen molar-refractivity contribution in [3.63, 3.8) is 0 Å². The van der Waals surface area contributed by atoms with Crippen molar-refractivity contribution in [3.05, 3.63) is 0 Å². The molecule has 3 N–H and O–H groups in total. The zero-order valence-electron chi connectivity index (χ0n) is 8.83. The first kappa shape index (κ1) is 12.9. The average molecular weight is 189 g/mol. The normalized spacial score (nSPS) is 15.7. The van der Waals surface area contributed by atoms with Crippen LogP contribution in [0.1, 0.15) is 33.1 Å². The molecule has 0 aliphatic carbocycles. The number of hydrogen-bond acceptors (Lipinski definition) is 3. The summed E-state index contributed by atoms with van der Waals surface area (Å²) in [6, 6.07) is 0. The fraction of sp³-hybridized carbons (Fsp3) is 1.00. The lowest BCUT2D eigenvalue weighted by Crippen LogP contribution is -2.21. The van der Waals surface area contributed by atoms with Crippen LogP contribution in [0.2, 0.25) is 0 Å². The van der Waals surface area contributed by atoms with Crippen LogP contribution in [-0.2, 0) is 4.74 Å². The van der Waals surface area contributed by atoms with Crippen molar-refractivity contribution in [3.8, 4) is 0 Å². The fourth-order valence-electron chi connectivity index (χ4n) is 1.20. The Bertz CT molecular complexity index is 109. The van der Waals surface area contributed by atoms with E-state index in [1.54, 1.807) is 0 Å². The summed E-state index contributed by atoms with van der Waals surface area (Å²) in [6.07, 6.45) is 2.66. The smallest absolute Gasteiger partial charge is 0.0684 e. The van der Waals surface area contributed by atoms with Crippen LogP contribution in [0.5, 0.6) is 0 Å². The molecule has 2 unspecified atom stereocenters. The second-order valence-electron chi connectivity index (χ2n) is 3.65. The Morgan fingerprint density at radius 2 is 2.08 bits per heavy atom. The van der Waals surface area contributed by atoms with Gasteiger partial charge >= 0.3 is 0 Å². The SMILES string of the molecule is CCCC(C)COCCC(O)CN. The molecule has 0 saturated heterocycles. The number of hydrogen-bond donors (Lipinski definition) is 2. The van der Waals surface area contributed by atoms with Crippen molar-refractivity contribution in [2.45, 2.75) is 39.2 Å². The van der Waals surface area contributed by atoms with Crippen LogP contribution >= 0.6 is 0 Å². The number of aliphatic hydroxyl groups excluding tert-OH is 1. The third-order valence-electron chi connectivity index (χ3n) is 2.05. The highest BCUT2D eigenvalue weighted by atomic mass is 16.5. The molecule has 2 atom stereocenters. The lowest BCUT2D eigenvalue weighted by atomic mass is 10.1. The standard InChI is InChI=1S/C10H23NO2/c1-3-4-9(2)8-13-6-5-10(12)7-11/h9-10,12H,3-8,11H2,1-2H3. The van der Waals surface area contributed by atoms with E-state index in [1.165, 1.54) is 12.8 Å². The van der Waals surface area contributed by atoms with Crippen LogP contribution in [0, 0.1) is 5.92 Å². The van der Waals surface area contributed by atoms with Crippen molar-refractivity contribution >= 4 is 0 Å². The zero-order chi connectivity index (χ0) is 10.1. The highest BCUT2D eigenvalue weighted by Gasteiger charge is 2.03. The molecular formula is C10H23NO2. The maximum Gasteiger partial charge on any atom is 0.0684 e. The van der Waals surface area contributed by atoms with Gasteiger partial charge in [-0.05, 0) is 18.8 Å². The molecule has 3 heteroatoms. The van der Waals surface area contributed by atoms with Crippen molar-refractivity contribution in [1.29, 1.82) is 0 Å². The summed E-state index contributed by atoms with van der Waals surface area (Å²) in [5, 5.41) is 9.12. The molecule has 0 fully saturated rings. The molecule has 0 spiro atoms.